The van der Waals surface area contributed by atoms with E-state index in [1.807, 2.05) is 11.6 Å². The standard InChI is InChI=1S/C16H20N3/c1-4-16(5-2)9-11-19-15(12-13(3)17-19)14-8-6-7-10-18(14)16/h6-12H,4-5H2,1-3H3/q+1. The van der Waals surface area contributed by atoms with Gasteiger partial charge in [-0.1, -0.05) is 13.8 Å². The van der Waals surface area contributed by atoms with Crippen molar-refractivity contribution in [1.29, 1.82) is 0 Å². The molecule has 98 valence electrons. The summed E-state index contributed by atoms with van der Waals surface area (Å²) < 4.78 is 4.39. The number of pyridine rings is 1. The van der Waals surface area contributed by atoms with Crippen molar-refractivity contribution >= 4 is 6.20 Å². The van der Waals surface area contributed by atoms with Crippen molar-refractivity contribution in [3.05, 3.63) is 42.2 Å². The van der Waals surface area contributed by atoms with E-state index in [2.05, 4.69) is 66.3 Å². The highest BCUT2D eigenvalue weighted by atomic mass is 15.3. The summed E-state index contributed by atoms with van der Waals surface area (Å²) in [6, 6.07) is 8.54. The van der Waals surface area contributed by atoms with E-state index in [4.69, 9.17) is 0 Å². The largest absolute Gasteiger partial charge is 0.234 e. The van der Waals surface area contributed by atoms with Crippen LogP contribution in [0.1, 0.15) is 32.4 Å². The smallest absolute Gasteiger partial charge is 0.231 e. The Morgan fingerprint density at radius 3 is 2.79 bits per heavy atom. The highest BCUT2D eigenvalue weighted by Gasteiger charge is 2.38. The van der Waals surface area contributed by atoms with Crippen molar-refractivity contribution in [2.75, 3.05) is 0 Å². The minimum absolute atomic E-state index is 0.0468. The first-order valence-electron chi connectivity index (χ1n) is 6.97. The van der Waals surface area contributed by atoms with Gasteiger partial charge in [-0.15, -0.1) is 0 Å². The molecule has 0 fully saturated rings. The topological polar surface area (TPSA) is 21.7 Å². The fraction of sp³-hybridized carbons (Fsp3) is 0.375. The molecule has 2 aromatic heterocycles. The molecule has 0 spiro atoms. The Kier molecular flexibility index (Phi) is 2.77. The first-order valence-corrected chi connectivity index (χ1v) is 6.97. The number of hydrogen-bond acceptors (Lipinski definition) is 1. The Hall–Kier alpha value is -1.90. The van der Waals surface area contributed by atoms with Crippen LogP contribution < -0.4 is 4.57 Å². The molecule has 0 N–H and O–H groups in total. The molecule has 0 amide bonds. The summed E-state index contributed by atoms with van der Waals surface area (Å²) in [5.74, 6) is 0. The molecule has 0 aliphatic carbocycles. The molecule has 0 aromatic carbocycles. The van der Waals surface area contributed by atoms with Gasteiger partial charge in [0, 0.05) is 37.3 Å². The average molecular weight is 254 g/mol. The first kappa shape index (κ1) is 12.2. The van der Waals surface area contributed by atoms with E-state index in [1.165, 1.54) is 5.69 Å². The lowest BCUT2D eigenvalue weighted by Gasteiger charge is -2.22. The van der Waals surface area contributed by atoms with E-state index in [9.17, 15) is 0 Å². The first-order chi connectivity index (χ1) is 9.20. The molecule has 0 bridgehead atoms. The maximum Gasteiger partial charge on any atom is 0.231 e. The van der Waals surface area contributed by atoms with Crippen molar-refractivity contribution in [3.63, 3.8) is 0 Å². The number of fused-ring (bicyclic) bond motifs is 3. The highest BCUT2D eigenvalue weighted by Crippen LogP contribution is 2.29. The predicted octanol–water partition coefficient (Wildman–Crippen LogP) is 3.15. The number of allylic oxidation sites excluding steroid dienone is 1. The molecule has 0 saturated heterocycles. The van der Waals surface area contributed by atoms with Gasteiger partial charge in [-0.3, -0.25) is 0 Å². The highest BCUT2D eigenvalue weighted by molar-refractivity contribution is 5.56. The lowest BCUT2D eigenvalue weighted by molar-refractivity contribution is -0.743. The van der Waals surface area contributed by atoms with Gasteiger partial charge >= 0.3 is 0 Å². The van der Waals surface area contributed by atoms with Gasteiger partial charge in [-0.25, -0.2) is 4.68 Å². The van der Waals surface area contributed by atoms with Crippen molar-refractivity contribution in [1.82, 2.24) is 9.78 Å². The lowest BCUT2D eigenvalue weighted by atomic mass is 9.91. The third-order valence-corrected chi connectivity index (χ3v) is 4.21. The molecular formula is C16H20N3+. The molecule has 3 heterocycles. The summed E-state index contributed by atoms with van der Waals surface area (Å²) >= 11 is 0. The molecule has 3 heteroatoms. The summed E-state index contributed by atoms with van der Waals surface area (Å²) in [4.78, 5) is 0. The van der Waals surface area contributed by atoms with Crippen molar-refractivity contribution in [2.24, 2.45) is 0 Å². The number of aryl methyl sites for hydroxylation is 1. The molecule has 3 rings (SSSR count). The van der Waals surface area contributed by atoms with E-state index in [0.29, 0.717) is 0 Å². The van der Waals surface area contributed by atoms with Crippen LogP contribution in [0, 0.1) is 6.92 Å². The van der Waals surface area contributed by atoms with Crippen LogP contribution in [0.5, 0.6) is 0 Å². The molecule has 0 saturated carbocycles. The summed E-state index contributed by atoms with van der Waals surface area (Å²) in [6.07, 6.45) is 8.74. The van der Waals surface area contributed by atoms with Crippen LogP contribution in [0.15, 0.2) is 36.5 Å². The van der Waals surface area contributed by atoms with Crippen LogP contribution in [0.2, 0.25) is 0 Å². The van der Waals surface area contributed by atoms with Crippen LogP contribution in [0.4, 0.5) is 0 Å². The van der Waals surface area contributed by atoms with E-state index in [0.717, 1.165) is 24.2 Å². The Bertz CT molecular complexity index is 633. The summed E-state index contributed by atoms with van der Waals surface area (Å²) in [6.45, 7) is 6.53. The number of rotatable bonds is 2. The van der Waals surface area contributed by atoms with Crippen molar-refractivity contribution in [3.8, 4) is 11.4 Å². The number of hydrogen-bond donors (Lipinski definition) is 0. The third kappa shape index (κ3) is 1.72. The Morgan fingerprint density at radius 1 is 1.26 bits per heavy atom. The summed E-state index contributed by atoms with van der Waals surface area (Å²) in [5, 5.41) is 4.56. The molecule has 2 aromatic rings. The van der Waals surface area contributed by atoms with E-state index >= 15 is 0 Å². The zero-order valence-corrected chi connectivity index (χ0v) is 11.8. The second kappa shape index (κ2) is 4.34. The monoisotopic (exact) mass is 254 g/mol. The maximum absolute atomic E-state index is 4.56. The zero-order chi connectivity index (χ0) is 13.5. The Labute approximate surface area is 114 Å². The minimum Gasteiger partial charge on any atom is -0.234 e. The minimum atomic E-state index is 0.0468. The van der Waals surface area contributed by atoms with Crippen molar-refractivity contribution in [2.45, 2.75) is 39.2 Å². The molecule has 3 nitrogen and oxygen atoms in total. The molecular weight excluding hydrogens is 234 g/mol. The second-order valence-corrected chi connectivity index (χ2v) is 5.20. The summed E-state index contributed by atoms with van der Waals surface area (Å²) in [7, 11) is 0. The molecule has 0 atom stereocenters. The van der Waals surface area contributed by atoms with Crippen molar-refractivity contribution < 1.29 is 4.57 Å². The molecule has 19 heavy (non-hydrogen) atoms. The van der Waals surface area contributed by atoms with E-state index in [-0.39, 0.29) is 5.54 Å². The fourth-order valence-corrected chi connectivity index (χ4v) is 2.98. The molecule has 1 aliphatic heterocycles. The summed E-state index contributed by atoms with van der Waals surface area (Å²) in [5.41, 5.74) is 3.50. The van der Waals surface area contributed by atoms with Crippen LogP contribution in [0.25, 0.3) is 17.6 Å². The van der Waals surface area contributed by atoms with Crippen LogP contribution in [-0.4, -0.2) is 9.78 Å². The molecule has 1 aliphatic rings. The third-order valence-electron chi connectivity index (χ3n) is 4.21. The van der Waals surface area contributed by atoms with Gasteiger partial charge in [-0.05, 0) is 19.1 Å². The fourth-order valence-electron chi connectivity index (χ4n) is 2.98. The van der Waals surface area contributed by atoms with Gasteiger partial charge in [0.25, 0.3) is 0 Å². The zero-order valence-electron chi connectivity index (χ0n) is 11.8. The predicted molar refractivity (Wildman–Crippen MR) is 76.5 cm³/mol. The van der Waals surface area contributed by atoms with Crippen LogP contribution in [0.3, 0.4) is 0 Å². The maximum atomic E-state index is 4.56. The van der Waals surface area contributed by atoms with E-state index < -0.39 is 0 Å². The van der Waals surface area contributed by atoms with Gasteiger partial charge in [0.15, 0.2) is 11.7 Å². The second-order valence-electron chi connectivity index (χ2n) is 5.20. The quantitative estimate of drug-likeness (QED) is 0.754. The van der Waals surface area contributed by atoms with Gasteiger partial charge in [0.05, 0.1) is 5.69 Å². The van der Waals surface area contributed by atoms with Gasteiger partial charge in [0.1, 0.15) is 5.69 Å². The normalized spacial score (nSPS) is 15.7. The number of nitrogens with zero attached hydrogens (tertiary/aromatic N) is 3. The molecule has 0 radical (unpaired) electrons. The SMILES string of the molecule is CCC1(CC)C=Cn2nc(C)cc2-c2cccc[n+]21. The van der Waals surface area contributed by atoms with Gasteiger partial charge in [-0.2, -0.15) is 9.67 Å². The van der Waals surface area contributed by atoms with Gasteiger partial charge in [0.2, 0.25) is 5.69 Å². The lowest BCUT2D eigenvalue weighted by Crippen LogP contribution is -2.55. The van der Waals surface area contributed by atoms with Crippen LogP contribution in [-0.2, 0) is 5.54 Å². The average Bonchev–Trinajstić information content (AvgIpc) is 2.76. The Balaban J connectivity index is 2.33. The number of aromatic nitrogens is 3. The van der Waals surface area contributed by atoms with Crippen LogP contribution >= 0.6 is 0 Å². The van der Waals surface area contributed by atoms with E-state index in [1.54, 1.807) is 0 Å². The van der Waals surface area contributed by atoms with Gasteiger partial charge < -0.3 is 0 Å². The Morgan fingerprint density at radius 2 is 2.05 bits per heavy atom. The molecule has 0 unspecified atom stereocenters.